The van der Waals surface area contributed by atoms with Gasteiger partial charge < -0.3 is 0 Å². The molecule has 0 N–H and O–H groups in total. The van der Waals surface area contributed by atoms with Crippen molar-refractivity contribution in [3.05, 3.63) is 0 Å². The minimum Gasteiger partial charge on any atom is -0.246 e. The average Bonchev–Trinajstić information content (AvgIpc) is 1.91. The summed E-state index contributed by atoms with van der Waals surface area (Å²) >= 11 is 3.23. The topological polar surface area (TPSA) is 0 Å². The Morgan fingerprint density at radius 3 is 2.29 bits per heavy atom. The monoisotopic (exact) mass is 166 g/mol. The molecule has 0 nitrogen and oxygen atoms in total. The Morgan fingerprint density at radius 2 is 2.14 bits per heavy atom. The third-order valence-electron chi connectivity index (χ3n) is 1.35. The summed E-state index contributed by atoms with van der Waals surface area (Å²) in [4.78, 5) is 0.160. The molecule has 0 aromatic carbocycles. The van der Waals surface area contributed by atoms with E-state index in [0.29, 0.717) is 0 Å². The molecule has 0 heterocycles. The number of hydrogen-bond donors (Lipinski definition) is 0. The summed E-state index contributed by atoms with van der Waals surface area (Å²) in [5.41, 5.74) is 0. The summed E-state index contributed by atoms with van der Waals surface area (Å²) in [5, 5.41) is 0. The third-order valence-corrected chi connectivity index (χ3v) is 2.38. The minimum atomic E-state index is -0.569. The summed E-state index contributed by atoms with van der Waals surface area (Å²) in [7, 11) is 0. The largest absolute Gasteiger partial charge is 0.246 e. The standard InChI is InChI=1S/C5H8BrF/c6-4-2-1-3-5(4)7/h4-5H,1-3H2. The van der Waals surface area contributed by atoms with Crippen LogP contribution in [-0.4, -0.2) is 11.0 Å². The van der Waals surface area contributed by atoms with Crippen LogP contribution in [0.15, 0.2) is 0 Å². The predicted octanol–water partition coefficient (Wildman–Crippen LogP) is 2.27. The lowest BCUT2D eigenvalue weighted by Crippen LogP contribution is -2.04. The summed E-state index contributed by atoms with van der Waals surface area (Å²) in [5.74, 6) is 0. The van der Waals surface area contributed by atoms with E-state index in [1.54, 1.807) is 0 Å². The van der Waals surface area contributed by atoms with Crippen molar-refractivity contribution in [3.8, 4) is 0 Å². The summed E-state index contributed by atoms with van der Waals surface area (Å²) in [6.07, 6.45) is 2.26. The van der Waals surface area contributed by atoms with Gasteiger partial charge in [-0.05, 0) is 19.3 Å². The predicted molar refractivity (Wildman–Crippen MR) is 31.5 cm³/mol. The molecular weight excluding hydrogens is 159 g/mol. The van der Waals surface area contributed by atoms with Gasteiger partial charge in [0, 0.05) is 4.83 Å². The summed E-state index contributed by atoms with van der Waals surface area (Å²) in [6.45, 7) is 0. The molecule has 42 valence electrons. The Balaban J connectivity index is 2.33. The Hall–Kier alpha value is 0.410. The van der Waals surface area contributed by atoms with Crippen LogP contribution in [0.25, 0.3) is 0 Å². The van der Waals surface area contributed by atoms with E-state index in [-0.39, 0.29) is 4.83 Å². The van der Waals surface area contributed by atoms with Gasteiger partial charge in [0.1, 0.15) is 6.17 Å². The van der Waals surface area contributed by atoms with Crippen molar-refractivity contribution in [1.82, 2.24) is 0 Å². The van der Waals surface area contributed by atoms with Gasteiger partial charge in [-0.2, -0.15) is 0 Å². The van der Waals surface area contributed by atoms with Gasteiger partial charge in [-0.3, -0.25) is 0 Å². The van der Waals surface area contributed by atoms with E-state index in [1.807, 2.05) is 0 Å². The molecule has 0 aliphatic heterocycles. The van der Waals surface area contributed by atoms with Gasteiger partial charge in [-0.1, -0.05) is 15.9 Å². The van der Waals surface area contributed by atoms with Crippen molar-refractivity contribution in [3.63, 3.8) is 0 Å². The molecule has 2 heteroatoms. The molecule has 1 fully saturated rings. The molecule has 0 amide bonds. The highest BCUT2D eigenvalue weighted by atomic mass is 79.9. The molecule has 0 spiro atoms. The highest BCUT2D eigenvalue weighted by Crippen LogP contribution is 2.27. The molecule has 1 saturated carbocycles. The second-order valence-electron chi connectivity index (χ2n) is 1.96. The van der Waals surface area contributed by atoms with E-state index >= 15 is 0 Å². The molecule has 1 rings (SSSR count). The number of alkyl halides is 2. The molecule has 0 radical (unpaired) electrons. The van der Waals surface area contributed by atoms with Gasteiger partial charge in [-0.25, -0.2) is 4.39 Å². The van der Waals surface area contributed by atoms with E-state index < -0.39 is 6.17 Å². The first-order valence-corrected chi connectivity index (χ1v) is 3.50. The lowest BCUT2D eigenvalue weighted by molar-refractivity contribution is 0.352. The molecule has 0 aromatic heterocycles. The molecule has 1 aliphatic carbocycles. The van der Waals surface area contributed by atoms with Crippen LogP contribution in [0.2, 0.25) is 0 Å². The van der Waals surface area contributed by atoms with Crippen molar-refractivity contribution in [2.45, 2.75) is 30.3 Å². The van der Waals surface area contributed by atoms with E-state index in [2.05, 4.69) is 15.9 Å². The summed E-state index contributed by atoms with van der Waals surface area (Å²) in [6, 6.07) is 0. The molecule has 7 heavy (non-hydrogen) atoms. The van der Waals surface area contributed by atoms with Crippen LogP contribution in [0, 0.1) is 0 Å². The van der Waals surface area contributed by atoms with Gasteiger partial charge >= 0.3 is 0 Å². The van der Waals surface area contributed by atoms with Crippen LogP contribution in [0.3, 0.4) is 0 Å². The van der Waals surface area contributed by atoms with Crippen LogP contribution < -0.4 is 0 Å². The summed E-state index contributed by atoms with van der Waals surface area (Å²) < 4.78 is 12.3. The fourth-order valence-corrected chi connectivity index (χ4v) is 1.46. The molecule has 0 aromatic rings. The van der Waals surface area contributed by atoms with Crippen molar-refractivity contribution < 1.29 is 4.39 Å². The van der Waals surface area contributed by atoms with Crippen LogP contribution in [-0.2, 0) is 0 Å². The van der Waals surface area contributed by atoms with Crippen molar-refractivity contribution in [2.75, 3.05) is 0 Å². The Morgan fingerprint density at radius 1 is 1.43 bits per heavy atom. The molecule has 0 bridgehead atoms. The quantitative estimate of drug-likeness (QED) is 0.485. The first-order chi connectivity index (χ1) is 3.30. The zero-order valence-electron chi connectivity index (χ0n) is 4.03. The van der Waals surface area contributed by atoms with Crippen LogP contribution in [0.4, 0.5) is 4.39 Å². The third kappa shape index (κ3) is 1.15. The van der Waals surface area contributed by atoms with Gasteiger partial charge in [0.2, 0.25) is 0 Å². The first kappa shape index (κ1) is 5.54. The lowest BCUT2D eigenvalue weighted by atomic mass is 10.3. The van der Waals surface area contributed by atoms with Gasteiger partial charge in [0.15, 0.2) is 0 Å². The minimum absolute atomic E-state index is 0.160. The first-order valence-electron chi connectivity index (χ1n) is 2.59. The maximum atomic E-state index is 12.3. The van der Waals surface area contributed by atoms with Crippen LogP contribution >= 0.6 is 15.9 Å². The van der Waals surface area contributed by atoms with Crippen molar-refractivity contribution >= 4 is 15.9 Å². The fraction of sp³-hybridized carbons (Fsp3) is 1.00. The average molecular weight is 167 g/mol. The normalized spacial score (nSPS) is 42.0. The molecule has 1 aliphatic rings. The number of rotatable bonds is 0. The highest BCUT2D eigenvalue weighted by molar-refractivity contribution is 9.09. The zero-order chi connectivity index (χ0) is 5.28. The smallest absolute Gasteiger partial charge is 0.113 e. The highest BCUT2D eigenvalue weighted by Gasteiger charge is 2.23. The van der Waals surface area contributed by atoms with Gasteiger partial charge in [0.25, 0.3) is 0 Å². The second kappa shape index (κ2) is 2.12. The molecule has 0 saturated heterocycles. The molecule has 2 atom stereocenters. The Kier molecular flexibility index (Phi) is 1.68. The van der Waals surface area contributed by atoms with Gasteiger partial charge in [0.05, 0.1) is 0 Å². The Bertz CT molecular complexity index is 57.1. The lowest BCUT2D eigenvalue weighted by Gasteiger charge is -1.98. The van der Waals surface area contributed by atoms with E-state index in [9.17, 15) is 4.39 Å². The van der Waals surface area contributed by atoms with Gasteiger partial charge in [-0.15, -0.1) is 0 Å². The van der Waals surface area contributed by atoms with Crippen LogP contribution in [0.5, 0.6) is 0 Å². The second-order valence-corrected chi connectivity index (χ2v) is 3.14. The van der Waals surface area contributed by atoms with Crippen molar-refractivity contribution in [1.29, 1.82) is 0 Å². The Labute approximate surface area is 51.2 Å². The SMILES string of the molecule is FC1CCCC1Br. The maximum absolute atomic E-state index is 12.3. The number of hydrogen-bond acceptors (Lipinski definition) is 0. The molecular formula is C5H8BrF. The van der Waals surface area contributed by atoms with Crippen molar-refractivity contribution in [2.24, 2.45) is 0 Å². The van der Waals surface area contributed by atoms with E-state index in [0.717, 1.165) is 19.3 Å². The molecule has 2 unspecified atom stereocenters. The van der Waals surface area contributed by atoms with E-state index in [4.69, 9.17) is 0 Å². The van der Waals surface area contributed by atoms with E-state index in [1.165, 1.54) is 0 Å². The number of halogens is 2. The fourth-order valence-electron chi connectivity index (χ4n) is 0.870. The van der Waals surface area contributed by atoms with Crippen LogP contribution in [0.1, 0.15) is 19.3 Å². The zero-order valence-corrected chi connectivity index (χ0v) is 5.62. The maximum Gasteiger partial charge on any atom is 0.113 e.